The van der Waals surface area contributed by atoms with Crippen molar-refractivity contribution in [2.75, 3.05) is 13.1 Å². The molecule has 0 spiro atoms. The average molecular weight is 535 g/mol. The third kappa shape index (κ3) is 4.04. The van der Waals surface area contributed by atoms with Crippen molar-refractivity contribution in [3.63, 3.8) is 0 Å². The second-order valence-electron chi connectivity index (χ2n) is 10.7. The number of aliphatic hydroxyl groups excluding tert-OH is 1. The highest BCUT2D eigenvalue weighted by molar-refractivity contribution is 5.93. The van der Waals surface area contributed by atoms with E-state index in [1.807, 2.05) is 13.0 Å². The summed E-state index contributed by atoms with van der Waals surface area (Å²) in [5, 5.41) is 15.5. The summed E-state index contributed by atoms with van der Waals surface area (Å²) in [6.07, 6.45) is 3.36. The van der Waals surface area contributed by atoms with Gasteiger partial charge in [-0.25, -0.2) is 9.37 Å². The molecule has 10 heteroatoms. The zero-order valence-electron chi connectivity index (χ0n) is 22.0. The van der Waals surface area contributed by atoms with Crippen LogP contribution in [-0.2, 0) is 33.9 Å². The van der Waals surface area contributed by atoms with Crippen molar-refractivity contribution in [1.29, 1.82) is 0 Å². The summed E-state index contributed by atoms with van der Waals surface area (Å²) in [5.41, 5.74) is 6.03. The predicted molar refractivity (Wildman–Crippen MR) is 142 cm³/mol. The molecule has 204 valence electrons. The first-order valence-electron chi connectivity index (χ1n) is 13.5. The fraction of sp³-hybridized carbons (Fsp3) is 0.448. The van der Waals surface area contributed by atoms with Gasteiger partial charge in [0.15, 0.2) is 0 Å². The first kappa shape index (κ1) is 25.6. The number of fused-ring (bicyclic) bond motifs is 5. The summed E-state index contributed by atoms with van der Waals surface area (Å²) in [7, 11) is 0. The van der Waals surface area contributed by atoms with Crippen LogP contribution in [0.4, 0.5) is 4.39 Å². The number of hydrogen-bond donors (Lipinski definition) is 3. The van der Waals surface area contributed by atoms with Gasteiger partial charge in [-0.1, -0.05) is 6.92 Å². The molecular formula is C29H31FN4O5. The molecule has 3 atom stereocenters. The number of rotatable bonds is 3. The van der Waals surface area contributed by atoms with Crippen molar-refractivity contribution in [2.45, 2.75) is 70.7 Å². The number of ether oxygens (including phenoxy) is 1. The smallest absolute Gasteiger partial charge is 0.313 e. The molecule has 1 saturated heterocycles. The molecule has 3 unspecified atom stereocenters. The van der Waals surface area contributed by atoms with Gasteiger partial charge in [-0.15, -0.1) is 0 Å². The van der Waals surface area contributed by atoms with E-state index in [0.717, 1.165) is 41.6 Å². The number of cyclic esters (lactones) is 1. The Morgan fingerprint density at radius 1 is 1.26 bits per heavy atom. The number of carbonyl (C=O) groups excluding carboxylic acids is 2. The summed E-state index contributed by atoms with van der Waals surface area (Å²) < 4.78 is 21.7. The molecule has 1 amide bonds. The number of β-amino-alcohol motifs (C(OH)–C–C–N with tert-alkyl or cyclic N) is 1. The zero-order valence-corrected chi connectivity index (χ0v) is 22.0. The van der Waals surface area contributed by atoms with E-state index >= 15 is 0 Å². The number of amides is 1. The van der Waals surface area contributed by atoms with Crippen molar-refractivity contribution in [3.8, 4) is 11.4 Å². The lowest BCUT2D eigenvalue weighted by atomic mass is 9.82. The summed E-state index contributed by atoms with van der Waals surface area (Å²) in [5.74, 6) is -1.13. The zero-order chi connectivity index (χ0) is 27.4. The Labute approximate surface area is 224 Å². The second kappa shape index (κ2) is 9.84. The Morgan fingerprint density at radius 3 is 2.74 bits per heavy atom. The maximum atomic E-state index is 14.8. The largest absolute Gasteiger partial charge is 0.460 e. The highest BCUT2D eigenvalue weighted by Crippen LogP contribution is 2.45. The van der Waals surface area contributed by atoms with Crippen LogP contribution in [0.1, 0.15) is 71.5 Å². The maximum absolute atomic E-state index is 14.8. The lowest BCUT2D eigenvalue weighted by Gasteiger charge is -2.28. The van der Waals surface area contributed by atoms with Gasteiger partial charge in [0.1, 0.15) is 12.4 Å². The van der Waals surface area contributed by atoms with E-state index in [-0.39, 0.29) is 36.1 Å². The van der Waals surface area contributed by atoms with Crippen LogP contribution in [0.3, 0.4) is 0 Å². The highest BCUT2D eigenvalue weighted by atomic mass is 19.1. The van der Waals surface area contributed by atoms with Crippen LogP contribution in [0.2, 0.25) is 0 Å². The van der Waals surface area contributed by atoms with E-state index in [9.17, 15) is 18.8 Å². The van der Waals surface area contributed by atoms with Crippen molar-refractivity contribution in [3.05, 3.63) is 61.7 Å². The van der Waals surface area contributed by atoms with Gasteiger partial charge in [0.05, 0.1) is 47.1 Å². The molecule has 7 rings (SSSR count). The van der Waals surface area contributed by atoms with E-state index in [1.165, 1.54) is 6.07 Å². The van der Waals surface area contributed by atoms with Crippen LogP contribution in [0, 0.1) is 12.7 Å². The van der Waals surface area contributed by atoms with Gasteiger partial charge in [0, 0.05) is 23.6 Å². The quantitative estimate of drug-likeness (QED) is 0.273. The molecule has 5 heterocycles. The number of esters is 1. The van der Waals surface area contributed by atoms with Gasteiger partial charge in [-0.3, -0.25) is 14.4 Å². The number of nitrogens with zero attached hydrogens (tertiary/aromatic N) is 2. The predicted octanol–water partition coefficient (Wildman–Crippen LogP) is 2.50. The number of carbonyl (C=O) groups is 2. The molecule has 4 aliphatic rings. The molecular weight excluding hydrogens is 503 g/mol. The van der Waals surface area contributed by atoms with Crippen LogP contribution in [0.5, 0.6) is 0 Å². The van der Waals surface area contributed by atoms with Crippen molar-refractivity contribution >= 4 is 23.3 Å². The third-order valence-electron chi connectivity index (χ3n) is 8.50. The van der Waals surface area contributed by atoms with Crippen molar-refractivity contribution < 1.29 is 23.8 Å². The van der Waals surface area contributed by atoms with Gasteiger partial charge in [0.25, 0.3) is 5.56 Å². The maximum Gasteiger partial charge on any atom is 0.313 e. The number of aliphatic hydroxyl groups is 1. The number of benzene rings is 1. The van der Waals surface area contributed by atoms with Crippen LogP contribution in [0.25, 0.3) is 22.3 Å². The summed E-state index contributed by atoms with van der Waals surface area (Å²) in [4.78, 5) is 42.0. The van der Waals surface area contributed by atoms with Gasteiger partial charge in [-0.2, -0.15) is 0 Å². The number of pyridine rings is 2. The number of halogens is 1. The molecule has 39 heavy (non-hydrogen) atoms. The minimum atomic E-state index is -0.494. The minimum Gasteiger partial charge on any atom is -0.460 e. The van der Waals surface area contributed by atoms with E-state index in [1.54, 1.807) is 11.5 Å². The Bertz CT molecular complexity index is 1580. The Morgan fingerprint density at radius 2 is 2.08 bits per heavy atom. The molecule has 0 saturated carbocycles. The fourth-order valence-corrected chi connectivity index (χ4v) is 6.46. The molecule has 3 aliphatic heterocycles. The SMILES string of the molecule is CCC1C(=O)OCc2c1cc1n(c2=O)Cc2c-1nc1cc(F)c(C)c3c1c2C(NC=O)CC3.OC1CCNC1. The summed E-state index contributed by atoms with van der Waals surface area (Å²) in [6, 6.07) is 3.07. The molecule has 1 aliphatic carbocycles. The lowest BCUT2D eigenvalue weighted by molar-refractivity contribution is -0.148. The van der Waals surface area contributed by atoms with Gasteiger partial charge >= 0.3 is 5.97 Å². The first-order valence-corrected chi connectivity index (χ1v) is 13.5. The standard InChI is InChI=1S/C25H22FN3O4.C4H9NO/c1-3-12-14-6-20-23-15(8-29(20)24(31)16(14)9-33-25(12)32)22-18(27-10-30)5-4-13-11(2)17(26)7-19(28-23)21(13)22;6-4-1-2-5-3-4/h6-7,10,12,18H,3-5,8-9H2,1-2H3,(H,27,30);4-6H,1-3H2. The second-order valence-corrected chi connectivity index (χ2v) is 10.7. The number of nitrogens with one attached hydrogen (secondary N) is 2. The van der Waals surface area contributed by atoms with Gasteiger partial charge < -0.3 is 25.0 Å². The van der Waals surface area contributed by atoms with E-state index < -0.39 is 5.92 Å². The van der Waals surface area contributed by atoms with Crippen molar-refractivity contribution in [1.82, 2.24) is 20.2 Å². The lowest BCUT2D eigenvalue weighted by Crippen LogP contribution is -2.32. The van der Waals surface area contributed by atoms with E-state index in [0.29, 0.717) is 65.8 Å². The average Bonchev–Trinajstić information content (AvgIpc) is 3.55. The molecule has 0 bridgehead atoms. The number of aromatic nitrogens is 2. The van der Waals surface area contributed by atoms with Gasteiger partial charge in [-0.05, 0) is 67.5 Å². The Kier molecular flexibility index (Phi) is 6.47. The molecule has 9 nitrogen and oxygen atoms in total. The molecule has 3 N–H and O–H groups in total. The summed E-state index contributed by atoms with van der Waals surface area (Å²) in [6.45, 7) is 5.71. The van der Waals surface area contributed by atoms with Crippen LogP contribution in [0.15, 0.2) is 16.9 Å². The Hall–Kier alpha value is -3.63. The monoisotopic (exact) mass is 534 g/mol. The Balaban J connectivity index is 0.000000410. The molecule has 1 fully saturated rings. The topological polar surface area (TPSA) is 123 Å². The highest BCUT2D eigenvalue weighted by Gasteiger charge is 2.37. The minimum absolute atomic E-state index is 0.0355. The molecule has 2 aromatic heterocycles. The van der Waals surface area contributed by atoms with Crippen LogP contribution < -0.4 is 16.2 Å². The normalized spacial score (nSPS) is 22.4. The van der Waals surface area contributed by atoms with Gasteiger partial charge in [0.2, 0.25) is 6.41 Å². The number of aryl methyl sites for hydroxylation is 1. The van der Waals surface area contributed by atoms with Crippen molar-refractivity contribution in [2.24, 2.45) is 0 Å². The molecule has 3 aromatic rings. The fourth-order valence-electron chi connectivity index (χ4n) is 6.46. The van der Waals surface area contributed by atoms with E-state index in [4.69, 9.17) is 14.8 Å². The number of hydrogen-bond acceptors (Lipinski definition) is 7. The van der Waals surface area contributed by atoms with Crippen LogP contribution >= 0.6 is 0 Å². The molecule has 1 aromatic carbocycles. The third-order valence-corrected chi connectivity index (χ3v) is 8.50. The molecule has 0 radical (unpaired) electrons. The van der Waals surface area contributed by atoms with Crippen LogP contribution in [-0.4, -0.2) is 46.2 Å². The van der Waals surface area contributed by atoms with E-state index in [2.05, 4.69) is 10.6 Å². The first-order chi connectivity index (χ1) is 18.8. The summed E-state index contributed by atoms with van der Waals surface area (Å²) >= 11 is 0.